The van der Waals surface area contributed by atoms with Gasteiger partial charge in [-0.2, -0.15) is 5.10 Å². The van der Waals surface area contributed by atoms with Crippen molar-refractivity contribution in [2.24, 2.45) is 5.10 Å². The number of nitrogens with zero attached hydrogens (tertiary/aromatic N) is 1. The summed E-state index contributed by atoms with van der Waals surface area (Å²) < 4.78 is 17.0. The molecule has 3 aromatic rings. The molecule has 10 nitrogen and oxygen atoms in total. The lowest BCUT2D eigenvalue weighted by molar-refractivity contribution is -0.139. The molecular formula is C27H25BrN4O6. The largest absolute Gasteiger partial charge is 0.483 e. The van der Waals surface area contributed by atoms with Crippen LogP contribution in [0.25, 0.3) is 0 Å². The Balaban J connectivity index is 1.29. The van der Waals surface area contributed by atoms with Crippen molar-refractivity contribution in [2.75, 3.05) is 18.7 Å². The van der Waals surface area contributed by atoms with Crippen molar-refractivity contribution in [1.82, 2.24) is 10.7 Å². The van der Waals surface area contributed by atoms with Gasteiger partial charge in [-0.3, -0.25) is 14.4 Å². The molecule has 0 fully saturated rings. The van der Waals surface area contributed by atoms with Crippen molar-refractivity contribution in [3.8, 4) is 17.2 Å². The van der Waals surface area contributed by atoms with Crippen molar-refractivity contribution >= 4 is 45.6 Å². The highest BCUT2D eigenvalue weighted by Crippen LogP contribution is 2.32. The average molecular weight is 581 g/mol. The number of aryl methyl sites for hydroxylation is 2. The maximum absolute atomic E-state index is 12.4. The molecule has 196 valence electrons. The molecule has 0 aromatic heterocycles. The molecule has 0 unspecified atom stereocenters. The Morgan fingerprint density at radius 3 is 2.66 bits per heavy atom. The van der Waals surface area contributed by atoms with Gasteiger partial charge in [0.15, 0.2) is 18.1 Å². The molecule has 11 heteroatoms. The van der Waals surface area contributed by atoms with Gasteiger partial charge >= 0.3 is 11.8 Å². The minimum atomic E-state index is -0.938. The fourth-order valence-electron chi connectivity index (χ4n) is 3.48. The average Bonchev–Trinajstić information content (AvgIpc) is 3.37. The van der Waals surface area contributed by atoms with Gasteiger partial charge in [0.05, 0.1) is 6.21 Å². The fourth-order valence-corrected chi connectivity index (χ4v) is 3.86. The van der Waals surface area contributed by atoms with Crippen LogP contribution in [0.15, 0.2) is 64.2 Å². The molecule has 3 amide bonds. The summed E-state index contributed by atoms with van der Waals surface area (Å²) in [6, 6.07) is 16.1. The van der Waals surface area contributed by atoms with Crippen molar-refractivity contribution in [3.05, 3.63) is 81.3 Å². The molecule has 0 saturated carbocycles. The van der Waals surface area contributed by atoms with E-state index in [1.807, 2.05) is 32.0 Å². The third-order valence-electron chi connectivity index (χ3n) is 5.46. The van der Waals surface area contributed by atoms with Crippen LogP contribution in [0.5, 0.6) is 17.2 Å². The van der Waals surface area contributed by atoms with E-state index in [4.69, 9.17) is 14.2 Å². The molecule has 0 spiro atoms. The van der Waals surface area contributed by atoms with Crippen LogP contribution in [0.4, 0.5) is 5.69 Å². The highest BCUT2D eigenvalue weighted by atomic mass is 79.9. The maximum Gasteiger partial charge on any atom is 0.329 e. The summed E-state index contributed by atoms with van der Waals surface area (Å²) in [4.78, 5) is 36.7. The second-order valence-electron chi connectivity index (χ2n) is 8.41. The summed E-state index contributed by atoms with van der Waals surface area (Å²) in [5.41, 5.74) is 6.11. The van der Waals surface area contributed by atoms with Gasteiger partial charge in [-0.15, -0.1) is 0 Å². The smallest absolute Gasteiger partial charge is 0.329 e. The Morgan fingerprint density at radius 1 is 1.00 bits per heavy atom. The summed E-state index contributed by atoms with van der Waals surface area (Å²) in [6.45, 7) is 3.90. The van der Waals surface area contributed by atoms with E-state index in [1.165, 1.54) is 6.21 Å². The monoisotopic (exact) mass is 580 g/mol. The topological polar surface area (TPSA) is 127 Å². The molecule has 3 aromatic carbocycles. The van der Waals surface area contributed by atoms with Crippen molar-refractivity contribution in [3.63, 3.8) is 0 Å². The van der Waals surface area contributed by atoms with Crippen molar-refractivity contribution in [2.45, 2.75) is 20.4 Å². The number of halogens is 1. The first-order chi connectivity index (χ1) is 18.3. The van der Waals surface area contributed by atoms with Crippen LogP contribution in [-0.2, 0) is 20.9 Å². The number of ether oxygens (including phenoxy) is 3. The minimum absolute atomic E-state index is 0.125. The van der Waals surface area contributed by atoms with Gasteiger partial charge in [0, 0.05) is 22.3 Å². The molecule has 0 bridgehead atoms. The first-order valence-electron chi connectivity index (χ1n) is 11.6. The summed E-state index contributed by atoms with van der Waals surface area (Å²) in [7, 11) is 0. The number of rotatable bonds is 8. The van der Waals surface area contributed by atoms with Gasteiger partial charge in [-0.1, -0.05) is 34.1 Å². The number of hydrogen-bond donors (Lipinski definition) is 3. The van der Waals surface area contributed by atoms with Crippen LogP contribution < -0.4 is 30.3 Å². The summed E-state index contributed by atoms with van der Waals surface area (Å²) in [5, 5.41) is 9.22. The predicted molar refractivity (Wildman–Crippen MR) is 144 cm³/mol. The molecule has 4 rings (SSSR count). The van der Waals surface area contributed by atoms with Crippen LogP contribution >= 0.6 is 15.9 Å². The lowest BCUT2D eigenvalue weighted by atomic mass is 10.1. The Morgan fingerprint density at radius 2 is 1.82 bits per heavy atom. The van der Waals surface area contributed by atoms with E-state index in [-0.39, 0.29) is 25.9 Å². The van der Waals surface area contributed by atoms with Crippen LogP contribution in [0.3, 0.4) is 0 Å². The van der Waals surface area contributed by atoms with Gasteiger partial charge in [0.2, 0.25) is 6.79 Å². The first kappa shape index (κ1) is 26.7. The molecule has 0 atom stereocenters. The standard InChI is InChI=1S/C27H25BrN4O6/c1-16-3-4-17(2)21(9-16)31-25(33)14-36-22-8-6-20(28)11-19(22)13-30-32-27(35)26(34)29-12-18-5-7-23-24(10-18)38-15-37-23/h3-11,13H,12,14-15H2,1-2H3,(H,29,34)(H,31,33)(H,32,35)/b30-13-. The molecule has 0 aliphatic carbocycles. The van der Waals surface area contributed by atoms with Crippen molar-refractivity contribution in [1.29, 1.82) is 0 Å². The fraction of sp³-hybridized carbons (Fsp3) is 0.185. The third-order valence-corrected chi connectivity index (χ3v) is 5.96. The third kappa shape index (κ3) is 7.10. The number of carbonyl (C=O) groups is 3. The molecule has 1 aliphatic rings. The lowest BCUT2D eigenvalue weighted by Gasteiger charge is -2.12. The molecule has 0 saturated heterocycles. The number of amides is 3. The lowest BCUT2D eigenvalue weighted by Crippen LogP contribution is -2.37. The second kappa shape index (κ2) is 12.2. The zero-order valence-electron chi connectivity index (χ0n) is 20.7. The maximum atomic E-state index is 12.4. The van der Waals surface area contributed by atoms with Crippen LogP contribution in [0, 0.1) is 13.8 Å². The molecule has 3 N–H and O–H groups in total. The van der Waals surface area contributed by atoms with Gasteiger partial charge in [0.25, 0.3) is 5.91 Å². The van der Waals surface area contributed by atoms with Crippen LogP contribution in [-0.4, -0.2) is 37.3 Å². The number of benzene rings is 3. The van der Waals surface area contributed by atoms with Gasteiger partial charge in [-0.25, -0.2) is 5.43 Å². The Bertz CT molecular complexity index is 1410. The zero-order valence-corrected chi connectivity index (χ0v) is 22.3. The minimum Gasteiger partial charge on any atom is -0.483 e. The van der Waals surface area contributed by atoms with Crippen LogP contribution in [0.2, 0.25) is 0 Å². The van der Waals surface area contributed by atoms with Crippen LogP contribution in [0.1, 0.15) is 22.3 Å². The number of hydrazone groups is 1. The summed E-state index contributed by atoms with van der Waals surface area (Å²) in [5.74, 6) is -0.529. The molecular weight excluding hydrogens is 556 g/mol. The Hall–Kier alpha value is -4.38. The number of hydrogen-bond acceptors (Lipinski definition) is 7. The highest BCUT2D eigenvalue weighted by Gasteiger charge is 2.16. The van der Waals surface area contributed by atoms with Gasteiger partial charge in [0.1, 0.15) is 5.75 Å². The molecule has 38 heavy (non-hydrogen) atoms. The second-order valence-corrected chi connectivity index (χ2v) is 9.32. The van der Waals surface area contributed by atoms with E-state index in [0.29, 0.717) is 22.8 Å². The Labute approximate surface area is 227 Å². The van der Waals surface area contributed by atoms with Gasteiger partial charge < -0.3 is 24.8 Å². The quantitative estimate of drug-likeness (QED) is 0.212. The number of nitrogens with one attached hydrogen (secondary N) is 3. The number of carbonyl (C=O) groups excluding carboxylic acids is 3. The SMILES string of the molecule is Cc1ccc(C)c(NC(=O)COc2ccc(Br)cc2/C=N\NC(=O)C(=O)NCc2ccc3c(c2)OCO3)c1. The zero-order chi connectivity index (χ0) is 27.1. The van der Waals surface area contributed by atoms with Crippen molar-refractivity contribution < 1.29 is 28.6 Å². The van der Waals surface area contributed by atoms with E-state index in [2.05, 4.69) is 37.1 Å². The molecule has 1 heterocycles. The highest BCUT2D eigenvalue weighted by molar-refractivity contribution is 9.10. The summed E-state index contributed by atoms with van der Waals surface area (Å²) >= 11 is 3.38. The van der Waals surface area contributed by atoms with E-state index in [0.717, 1.165) is 26.9 Å². The van der Waals surface area contributed by atoms with E-state index in [9.17, 15) is 14.4 Å². The predicted octanol–water partition coefficient (Wildman–Crippen LogP) is 3.58. The van der Waals surface area contributed by atoms with E-state index < -0.39 is 11.8 Å². The van der Waals surface area contributed by atoms with Gasteiger partial charge in [-0.05, 0) is 66.9 Å². The Kier molecular flexibility index (Phi) is 8.59. The van der Waals surface area contributed by atoms with E-state index >= 15 is 0 Å². The normalized spacial score (nSPS) is 11.8. The molecule has 0 radical (unpaired) electrons. The number of fused-ring (bicyclic) bond motifs is 1. The first-order valence-corrected chi connectivity index (χ1v) is 12.4. The van der Waals surface area contributed by atoms with E-state index in [1.54, 1.807) is 36.4 Å². The number of anilines is 1. The summed E-state index contributed by atoms with van der Waals surface area (Å²) in [6.07, 6.45) is 1.33. The molecule has 1 aliphatic heterocycles.